The highest BCUT2D eigenvalue weighted by Crippen LogP contribution is 2.67. The van der Waals surface area contributed by atoms with Gasteiger partial charge in [0.05, 0.1) is 19.0 Å². The van der Waals surface area contributed by atoms with E-state index in [1.54, 1.807) is 32.2 Å². The van der Waals surface area contributed by atoms with Gasteiger partial charge in [-0.25, -0.2) is 4.79 Å². The second-order valence-electron chi connectivity index (χ2n) is 12.6. The standard InChI is InChI=1S/C30H37NO11S/c1-16(32)39-22-9-10-28(3)21(29(22,4)15-38-43(6,36)37)13-23(40-17(2)33)30(5)26(28)25(34)24-20(42-30)12-19(41-27(24)35)18-8-7-11-31-14-18/h7-8,11-12,14,21-23,25-26,34H,9-10,13,15H2,1-6H3/t21-,22+,23+,25+,26-,28+,29+,30-/m1/s1. The van der Waals surface area contributed by atoms with Gasteiger partial charge in [-0.15, -0.1) is 0 Å². The van der Waals surface area contributed by atoms with Gasteiger partial charge in [-0.1, -0.05) is 13.8 Å². The lowest BCUT2D eigenvalue weighted by molar-refractivity contribution is -0.269. The molecule has 2 aromatic heterocycles. The molecule has 0 radical (unpaired) electrons. The summed E-state index contributed by atoms with van der Waals surface area (Å²) in [5.41, 5.74) is -3.53. The number of aromatic nitrogens is 1. The molecule has 3 heterocycles. The van der Waals surface area contributed by atoms with E-state index in [1.165, 1.54) is 26.1 Å². The third-order valence-corrected chi connectivity index (χ3v) is 10.3. The van der Waals surface area contributed by atoms with Gasteiger partial charge in [0.2, 0.25) is 0 Å². The summed E-state index contributed by atoms with van der Waals surface area (Å²) in [7, 11) is -3.88. The molecule has 2 saturated carbocycles. The molecule has 0 unspecified atom stereocenters. The second kappa shape index (κ2) is 10.7. The summed E-state index contributed by atoms with van der Waals surface area (Å²) >= 11 is 0. The summed E-state index contributed by atoms with van der Waals surface area (Å²) in [6, 6.07) is 4.94. The molecule has 43 heavy (non-hydrogen) atoms. The van der Waals surface area contributed by atoms with Crippen LogP contribution in [0.2, 0.25) is 0 Å². The normalized spacial score (nSPS) is 35.0. The Labute approximate surface area is 249 Å². The summed E-state index contributed by atoms with van der Waals surface area (Å²) in [5.74, 6) is -2.14. The molecule has 2 aromatic rings. The van der Waals surface area contributed by atoms with Crippen molar-refractivity contribution in [2.24, 2.45) is 22.7 Å². The largest absolute Gasteiger partial charge is 0.482 e. The van der Waals surface area contributed by atoms with E-state index in [0.717, 1.165) is 6.26 Å². The monoisotopic (exact) mass is 619 g/mol. The van der Waals surface area contributed by atoms with E-state index in [0.29, 0.717) is 18.4 Å². The maximum absolute atomic E-state index is 13.4. The van der Waals surface area contributed by atoms with Crippen LogP contribution in [-0.2, 0) is 33.4 Å². The number of nitrogens with zero attached hydrogens (tertiary/aromatic N) is 1. The van der Waals surface area contributed by atoms with Gasteiger partial charge in [0.25, 0.3) is 10.1 Å². The van der Waals surface area contributed by atoms with Crippen molar-refractivity contribution in [3.8, 4) is 17.1 Å². The van der Waals surface area contributed by atoms with Crippen LogP contribution in [0.15, 0.2) is 39.8 Å². The van der Waals surface area contributed by atoms with Crippen LogP contribution in [0.25, 0.3) is 11.3 Å². The molecule has 2 fully saturated rings. The zero-order valence-electron chi connectivity index (χ0n) is 25.0. The lowest BCUT2D eigenvalue weighted by Crippen LogP contribution is -2.71. The Balaban J connectivity index is 1.67. The van der Waals surface area contributed by atoms with Crippen LogP contribution in [0, 0.1) is 22.7 Å². The molecule has 1 N–H and O–H groups in total. The van der Waals surface area contributed by atoms with E-state index in [4.69, 9.17) is 22.8 Å². The topological polar surface area (TPSA) is 169 Å². The smallest absolute Gasteiger partial charge is 0.345 e. The minimum atomic E-state index is -3.88. The van der Waals surface area contributed by atoms with E-state index in [1.807, 2.05) is 6.92 Å². The molecule has 0 saturated heterocycles. The number of carbonyl (C=O) groups is 2. The molecule has 12 nitrogen and oxygen atoms in total. The molecule has 13 heteroatoms. The van der Waals surface area contributed by atoms with Crippen molar-refractivity contribution in [3.05, 3.63) is 46.6 Å². The van der Waals surface area contributed by atoms with Crippen LogP contribution < -0.4 is 10.4 Å². The highest BCUT2D eigenvalue weighted by molar-refractivity contribution is 7.85. The van der Waals surface area contributed by atoms with E-state index in [2.05, 4.69) is 4.98 Å². The van der Waals surface area contributed by atoms with Crippen molar-refractivity contribution >= 4 is 22.1 Å². The van der Waals surface area contributed by atoms with Crippen LogP contribution in [0.3, 0.4) is 0 Å². The molecular formula is C30H37NO11S. The van der Waals surface area contributed by atoms with E-state index in [9.17, 15) is 27.9 Å². The van der Waals surface area contributed by atoms with Crippen molar-refractivity contribution in [2.75, 3.05) is 12.9 Å². The number of aliphatic hydroxyl groups is 1. The van der Waals surface area contributed by atoms with Crippen LogP contribution in [0.1, 0.15) is 65.5 Å². The molecule has 8 atom stereocenters. The molecule has 0 spiro atoms. The number of esters is 2. The van der Waals surface area contributed by atoms with Crippen molar-refractivity contribution in [1.82, 2.24) is 4.98 Å². The highest BCUT2D eigenvalue weighted by Gasteiger charge is 2.70. The summed E-state index contributed by atoms with van der Waals surface area (Å²) in [5, 5.41) is 12.1. The van der Waals surface area contributed by atoms with Gasteiger partial charge in [-0.3, -0.25) is 18.8 Å². The summed E-state index contributed by atoms with van der Waals surface area (Å²) in [4.78, 5) is 42.1. The lowest BCUT2D eigenvalue weighted by atomic mass is 9.42. The SMILES string of the molecule is CC(=O)O[C@H]1CC[C@@]2(C)[C@@H](C[C@H](OC(C)=O)[C@@]3(C)Oc4cc(-c5cccnc5)oc(=O)c4[C@H](O)[C@H]23)[C@]1(C)COS(C)(=O)=O. The molecular weight excluding hydrogens is 582 g/mol. The van der Waals surface area contributed by atoms with Gasteiger partial charge in [-0.2, -0.15) is 8.42 Å². The Kier molecular flexibility index (Phi) is 7.75. The second-order valence-corrected chi connectivity index (χ2v) is 14.3. The maximum Gasteiger partial charge on any atom is 0.345 e. The first kappa shape index (κ1) is 31.1. The average Bonchev–Trinajstić information content (AvgIpc) is 2.90. The lowest BCUT2D eigenvalue weighted by Gasteiger charge is -2.66. The predicted octanol–water partition coefficient (Wildman–Crippen LogP) is 3.17. The summed E-state index contributed by atoms with van der Waals surface area (Å²) in [6.07, 6.45) is 1.93. The molecule has 5 rings (SSSR count). The number of aliphatic hydroxyl groups excluding tert-OH is 1. The number of ether oxygens (including phenoxy) is 3. The number of rotatable bonds is 6. The van der Waals surface area contributed by atoms with Gasteiger partial charge in [0, 0.05) is 49.2 Å². The van der Waals surface area contributed by atoms with E-state index < -0.39 is 74.3 Å². The Morgan fingerprint density at radius 1 is 1.14 bits per heavy atom. The minimum absolute atomic E-state index is 0.0604. The fraction of sp³-hybridized carbons (Fsp3) is 0.600. The molecule has 3 aliphatic rings. The first-order valence-corrected chi connectivity index (χ1v) is 16.0. The molecule has 1 aliphatic heterocycles. The van der Waals surface area contributed by atoms with E-state index in [-0.39, 0.29) is 30.1 Å². The highest BCUT2D eigenvalue weighted by atomic mass is 32.2. The fourth-order valence-electron chi connectivity index (χ4n) is 8.01. The third kappa shape index (κ3) is 5.35. The van der Waals surface area contributed by atoms with Gasteiger partial charge in [0.15, 0.2) is 0 Å². The summed E-state index contributed by atoms with van der Waals surface area (Å²) < 4.78 is 53.4. The Morgan fingerprint density at radius 3 is 2.42 bits per heavy atom. The van der Waals surface area contributed by atoms with Crippen LogP contribution in [0.5, 0.6) is 5.75 Å². The Hall–Kier alpha value is -3.29. The van der Waals surface area contributed by atoms with Gasteiger partial charge in [-0.05, 0) is 49.7 Å². The molecule has 0 aromatic carbocycles. The van der Waals surface area contributed by atoms with Crippen molar-refractivity contribution in [2.45, 2.75) is 77.8 Å². The predicted molar refractivity (Wildman–Crippen MR) is 151 cm³/mol. The first-order valence-electron chi connectivity index (χ1n) is 14.1. The number of fused-ring (bicyclic) bond motifs is 4. The van der Waals surface area contributed by atoms with Crippen molar-refractivity contribution in [1.29, 1.82) is 0 Å². The number of hydrogen-bond acceptors (Lipinski definition) is 12. The third-order valence-electron chi connectivity index (χ3n) is 9.73. The first-order chi connectivity index (χ1) is 20.0. The van der Waals surface area contributed by atoms with Crippen molar-refractivity contribution < 1.29 is 45.9 Å². The average molecular weight is 620 g/mol. The van der Waals surface area contributed by atoms with Crippen LogP contribution >= 0.6 is 0 Å². The fourth-order valence-corrected chi connectivity index (χ4v) is 8.48. The molecule has 2 aliphatic carbocycles. The zero-order valence-corrected chi connectivity index (χ0v) is 25.8. The Bertz CT molecular complexity index is 1590. The van der Waals surface area contributed by atoms with Crippen LogP contribution in [0.4, 0.5) is 0 Å². The number of pyridine rings is 1. The number of hydrogen-bond donors (Lipinski definition) is 1. The van der Waals surface area contributed by atoms with Crippen molar-refractivity contribution in [3.63, 3.8) is 0 Å². The molecule has 234 valence electrons. The molecule has 0 bridgehead atoms. The zero-order chi connectivity index (χ0) is 31.5. The summed E-state index contributed by atoms with van der Waals surface area (Å²) in [6.45, 7) is 7.70. The van der Waals surface area contributed by atoms with Gasteiger partial charge >= 0.3 is 17.6 Å². The molecule has 0 amide bonds. The number of carbonyl (C=O) groups excluding carboxylic acids is 2. The maximum atomic E-state index is 13.4. The van der Waals surface area contributed by atoms with Crippen LogP contribution in [-0.4, -0.2) is 61.1 Å². The van der Waals surface area contributed by atoms with Gasteiger partial charge < -0.3 is 23.7 Å². The Morgan fingerprint density at radius 2 is 1.81 bits per heavy atom. The quantitative estimate of drug-likeness (QED) is 0.371. The van der Waals surface area contributed by atoms with Gasteiger partial charge in [0.1, 0.15) is 34.9 Å². The minimum Gasteiger partial charge on any atom is -0.482 e. The van der Waals surface area contributed by atoms with E-state index >= 15 is 0 Å².